The van der Waals surface area contributed by atoms with Crippen molar-refractivity contribution >= 4 is 51.7 Å². The van der Waals surface area contributed by atoms with Crippen LogP contribution in [0.1, 0.15) is 16.9 Å². The summed E-state index contributed by atoms with van der Waals surface area (Å²) in [6.07, 6.45) is 1.77. The number of carbonyl (C=O) groups is 1. The van der Waals surface area contributed by atoms with Crippen molar-refractivity contribution in [3.63, 3.8) is 0 Å². The predicted molar refractivity (Wildman–Crippen MR) is 117 cm³/mol. The van der Waals surface area contributed by atoms with Crippen LogP contribution in [0.3, 0.4) is 0 Å². The molecule has 0 amide bonds. The molecule has 0 atom stereocenters. The van der Waals surface area contributed by atoms with Gasteiger partial charge < -0.3 is 10.0 Å². The first-order valence-corrected chi connectivity index (χ1v) is 10.1. The molecule has 3 aromatic rings. The minimum Gasteiger partial charge on any atom is -0.481 e. The average Bonchev–Trinajstić information content (AvgIpc) is 3.12. The first-order valence-electron chi connectivity index (χ1n) is 8.57. The quantitative estimate of drug-likeness (QED) is 0.457. The van der Waals surface area contributed by atoms with E-state index in [9.17, 15) is 4.79 Å². The number of hydrogen-bond donors (Lipinski definition) is 1. The van der Waals surface area contributed by atoms with Gasteiger partial charge in [-0.2, -0.15) is 0 Å². The van der Waals surface area contributed by atoms with Gasteiger partial charge in [-0.3, -0.25) is 4.79 Å². The summed E-state index contributed by atoms with van der Waals surface area (Å²) in [6.45, 7) is 4.81. The molecule has 0 aliphatic rings. The van der Waals surface area contributed by atoms with E-state index >= 15 is 0 Å². The SMILES string of the molecule is C=Cc1sc(N(CCC(=O)O)Cc2ccccc2)nc1-c1ccc(Cl)c(Cl)c1. The normalized spacial score (nSPS) is 10.6. The zero-order chi connectivity index (χ0) is 20.1. The molecule has 0 bridgehead atoms. The van der Waals surface area contributed by atoms with Crippen LogP contribution in [0.4, 0.5) is 5.13 Å². The molecule has 1 heterocycles. The molecule has 28 heavy (non-hydrogen) atoms. The molecule has 0 aliphatic carbocycles. The number of hydrogen-bond acceptors (Lipinski definition) is 4. The molecule has 3 rings (SSSR count). The molecule has 1 N–H and O–H groups in total. The van der Waals surface area contributed by atoms with Crippen LogP contribution in [-0.4, -0.2) is 22.6 Å². The fraction of sp³-hybridized carbons (Fsp3) is 0.143. The van der Waals surface area contributed by atoms with Crippen molar-refractivity contribution < 1.29 is 9.90 Å². The minimum absolute atomic E-state index is 0.0257. The summed E-state index contributed by atoms with van der Waals surface area (Å²) in [6, 6.07) is 15.3. The highest BCUT2D eigenvalue weighted by Gasteiger charge is 2.18. The van der Waals surface area contributed by atoms with Gasteiger partial charge in [0.25, 0.3) is 0 Å². The first-order chi connectivity index (χ1) is 13.5. The second kappa shape index (κ2) is 9.24. The lowest BCUT2D eigenvalue weighted by atomic mass is 10.1. The van der Waals surface area contributed by atoms with Gasteiger partial charge in [0, 0.05) is 18.7 Å². The third-order valence-electron chi connectivity index (χ3n) is 4.10. The molecular formula is C21H18Cl2N2O2S. The van der Waals surface area contributed by atoms with E-state index in [4.69, 9.17) is 33.3 Å². The van der Waals surface area contributed by atoms with Crippen molar-refractivity contribution in [3.05, 3.63) is 75.6 Å². The van der Waals surface area contributed by atoms with Crippen LogP contribution in [0, 0.1) is 0 Å². The second-order valence-corrected chi connectivity index (χ2v) is 7.92. The van der Waals surface area contributed by atoms with Crippen molar-refractivity contribution in [1.82, 2.24) is 4.98 Å². The van der Waals surface area contributed by atoms with Gasteiger partial charge in [-0.25, -0.2) is 4.98 Å². The highest BCUT2D eigenvalue weighted by molar-refractivity contribution is 7.16. The maximum atomic E-state index is 11.1. The zero-order valence-corrected chi connectivity index (χ0v) is 17.3. The fourth-order valence-electron chi connectivity index (χ4n) is 2.72. The van der Waals surface area contributed by atoms with Gasteiger partial charge >= 0.3 is 5.97 Å². The number of aromatic nitrogens is 1. The summed E-state index contributed by atoms with van der Waals surface area (Å²) in [5.41, 5.74) is 2.67. The molecule has 0 radical (unpaired) electrons. The Hall–Kier alpha value is -2.34. The summed E-state index contributed by atoms with van der Waals surface area (Å²) in [7, 11) is 0. The number of carboxylic acid groups (broad SMARTS) is 1. The standard InChI is InChI=1S/C21H18Cl2N2O2S/c1-2-18-20(15-8-9-16(22)17(23)12-15)24-21(28-18)25(11-10-19(26)27)13-14-6-4-3-5-7-14/h2-9,12H,1,10-11,13H2,(H,26,27). The van der Waals surface area contributed by atoms with Gasteiger partial charge in [0.2, 0.25) is 0 Å². The van der Waals surface area contributed by atoms with Crippen LogP contribution in [0.25, 0.3) is 17.3 Å². The molecule has 0 saturated carbocycles. The summed E-state index contributed by atoms with van der Waals surface area (Å²) in [5, 5.41) is 10.8. The van der Waals surface area contributed by atoms with Gasteiger partial charge in [-0.05, 0) is 23.8 Å². The van der Waals surface area contributed by atoms with Crippen LogP contribution >= 0.6 is 34.5 Å². The highest BCUT2D eigenvalue weighted by Crippen LogP contribution is 2.36. The number of halogens is 2. The Morgan fingerprint density at radius 1 is 1.18 bits per heavy atom. The molecule has 0 spiro atoms. The molecule has 7 heteroatoms. The molecule has 0 fully saturated rings. The summed E-state index contributed by atoms with van der Waals surface area (Å²) < 4.78 is 0. The van der Waals surface area contributed by atoms with E-state index in [1.54, 1.807) is 18.2 Å². The van der Waals surface area contributed by atoms with E-state index in [0.717, 1.165) is 26.8 Å². The first kappa shape index (κ1) is 20.4. The van der Waals surface area contributed by atoms with Gasteiger partial charge in [0.1, 0.15) is 0 Å². The molecule has 4 nitrogen and oxygen atoms in total. The van der Waals surface area contributed by atoms with E-state index in [1.807, 2.05) is 41.3 Å². The summed E-state index contributed by atoms with van der Waals surface area (Å²) >= 11 is 13.7. The van der Waals surface area contributed by atoms with Crippen molar-refractivity contribution in [2.24, 2.45) is 0 Å². The molecule has 0 saturated heterocycles. The van der Waals surface area contributed by atoms with E-state index in [-0.39, 0.29) is 6.42 Å². The lowest BCUT2D eigenvalue weighted by molar-refractivity contribution is -0.136. The number of carboxylic acids is 1. The average molecular weight is 433 g/mol. The maximum absolute atomic E-state index is 11.1. The van der Waals surface area contributed by atoms with Crippen molar-refractivity contribution in [1.29, 1.82) is 0 Å². The fourth-order valence-corrected chi connectivity index (χ4v) is 3.98. The van der Waals surface area contributed by atoms with Gasteiger partial charge in [-0.1, -0.05) is 77.5 Å². The van der Waals surface area contributed by atoms with Crippen LogP contribution in [0.2, 0.25) is 10.0 Å². The highest BCUT2D eigenvalue weighted by atomic mass is 35.5. The Labute approximate surface area is 177 Å². The van der Waals surface area contributed by atoms with E-state index < -0.39 is 5.97 Å². The second-order valence-electron chi connectivity index (χ2n) is 6.09. The van der Waals surface area contributed by atoms with Crippen LogP contribution in [0.5, 0.6) is 0 Å². The third kappa shape index (κ3) is 4.93. The van der Waals surface area contributed by atoms with Crippen molar-refractivity contribution in [2.45, 2.75) is 13.0 Å². The third-order valence-corrected chi connectivity index (χ3v) is 5.95. The number of rotatable bonds is 8. The lowest BCUT2D eigenvalue weighted by Crippen LogP contribution is -2.25. The van der Waals surface area contributed by atoms with Crippen LogP contribution in [-0.2, 0) is 11.3 Å². The summed E-state index contributed by atoms with van der Waals surface area (Å²) in [5.74, 6) is -0.844. The summed E-state index contributed by atoms with van der Waals surface area (Å²) in [4.78, 5) is 18.8. The monoisotopic (exact) mass is 432 g/mol. The number of nitrogens with zero attached hydrogens (tertiary/aromatic N) is 2. The number of anilines is 1. The van der Waals surface area contributed by atoms with E-state index in [0.29, 0.717) is 23.1 Å². The van der Waals surface area contributed by atoms with Gasteiger partial charge in [0.05, 0.1) is 27.0 Å². The van der Waals surface area contributed by atoms with Crippen LogP contribution < -0.4 is 4.90 Å². The Kier molecular flexibility index (Phi) is 6.73. The Morgan fingerprint density at radius 3 is 2.57 bits per heavy atom. The van der Waals surface area contributed by atoms with E-state index in [1.165, 1.54) is 11.3 Å². The van der Waals surface area contributed by atoms with Crippen LogP contribution in [0.15, 0.2) is 55.1 Å². The van der Waals surface area contributed by atoms with Gasteiger partial charge in [0.15, 0.2) is 5.13 Å². The Morgan fingerprint density at radius 2 is 1.93 bits per heavy atom. The smallest absolute Gasteiger partial charge is 0.305 e. The minimum atomic E-state index is -0.844. The van der Waals surface area contributed by atoms with Crippen molar-refractivity contribution in [3.8, 4) is 11.3 Å². The largest absolute Gasteiger partial charge is 0.481 e. The molecule has 0 aliphatic heterocycles. The Bertz CT molecular complexity index is 989. The molecule has 0 unspecified atom stereocenters. The number of benzene rings is 2. The molecule has 144 valence electrons. The van der Waals surface area contributed by atoms with E-state index in [2.05, 4.69) is 6.58 Å². The zero-order valence-electron chi connectivity index (χ0n) is 14.9. The number of thiazole rings is 1. The topological polar surface area (TPSA) is 53.4 Å². The number of aliphatic carboxylic acids is 1. The Balaban J connectivity index is 1.97. The maximum Gasteiger partial charge on any atom is 0.305 e. The molecule has 1 aromatic heterocycles. The lowest BCUT2D eigenvalue weighted by Gasteiger charge is -2.21. The van der Waals surface area contributed by atoms with Gasteiger partial charge in [-0.15, -0.1) is 0 Å². The molecule has 2 aromatic carbocycles. The predicted octanol–water partition coefficient (Wildman–Crippen LogP) is 6.24. The van der Waals surface area contributed by atoms with Crippen molar-refractivity contribution in [2.75, 3.05) is 11.4 Å². The molecular weight excluding hydrogens is 415 g/mol.